The highest BCUT2D eigenvalue weighted by Gasteiger charge is 2.31. The number of aryl methyl sites for hydroxylation is 3. The Kier molecular flexibility index (Phi) is 8.12. The van der Waals surface area contributed by atoms with E-state index in [4.69, 9.17) is 4.99 Å². The molecule has 3 rings (SSSR count). The monoisotopic (exact) mass is 512 g/mol. The van der Waals surface area contributed by atoms with Crippen LogP contribution in [0, 0.1) is 20.8 Å². The predicted octanol–water partition coefficient (Wildman–Crippen LogP) is 6.62. The van der Waals surface area contributed by atoms with Crippen LogP contribution in [0.5, 0.6) is 5.75 Å². The van der Waals surface area contributed by atoms with Crippen molar-refractivity contribution in [3.8, 4) is 5.75 Å². The Bertz CT molecular complexity index is 1230. The lowest BCUT2D eigenvalue weighted by Crippen LogP contribution is -2.44. The van der Waals surface area contributed by atoms with Crippen LogP contribution in [0.4, 0.5) is 0 Å². The fourth-order valence-corrected chi connectivity index (χ4v) is 6.97. The summed E-state index contributed by atoms with van der Waals surface area (Å²) in [6.07, 6.45) is 5.27. The fourth-order valence-electron chi connectivity index (χ4n) is 5.21. The van der Waals surface area contributed by atoms with Crippen molar-refractivity contribution in [2.45, 2.75) is 116 Å². The molecular formula is C30H44N2O3S. The SMILES string of the molecule is Cc1cc(C)c(S(=O)(=O)N[C@H]2CCCC[C@@H]2N=Cc2cc(C(C)(C)C)cc(C(C)(C)C)c2O)c(C)c1. The highest BCUT2D eigenvalue weighted by molar-refractivity contribution is 7.89. The zero-order valence-electron chi connectivity index (χ0n) is 23.5. The van der Waals surface area contributed by atoms with Crippen LogP contribution in [0.2, 0.25) is 0 Å². The quantitative estimate of drug-likeness (QED) is 0.442. The van der Waals surface area contributed by atoms with E-state index in [9.17, 15) is 13.5 Å². The summed E-state index contributed by atoms with van der Waals surface area (Å²) >= 11 is 0. The van der Waals surface area contributed by atoms with Crippen molar-refractivity contribution >= 4 is 16.2 Å². The van der Waals surface area contributed by atoms with Crippen molar-refractivity contribution in [2.24, 2.45) is 4.99 Å². The maximum absolute atomic E-state index is 13.4. The Morgan fingerprint density at radius 3 is 2.06 bits per heavy atom. The number of phenols is 1. The minimum absolute atomic E-state index is 0.0803. The summed E-state index contributed by atoms with van der Waals surface area (Å²) in [4.78, 5) is 5.23. The Labute approximate surface area is 218 Å². The lowest BCUT2D eigenvalue weighted by Gasteiger charge is -2.30. The third-order valence-electron chi connectivity index (χ3n) is 7.13. The van der Waals surface area contributed by atoms with Crippen molar-refractivity contribution in [1.29, 1.82) is 0 Å². The minimum atomic E-state index is -3.69. The van der Waals surface area contributed by atoms with Gasteiger partial charge in [-0.3, -0.25) is 4.99 Å². The van der Waals surface area contributed by atoms with Crippen molar-refractivity contribution < 1.29 is 13.5 Å². The van der Waals surface area contributed by atoms with Crippen LogP contribution in [0.3, 0.4) is 0 Å². The number of aromatic hydroxyl groups is 1. The van der Waals surface area contributed by atoms with Gasteiger partial charge in [0.25, 0.3) is 0 Å². The lowest BCUT2D eigenvalue weighted by molar-refractivity contribution is 0.363. The highest BCUT2D eigenvalue weighted by Crippen LogP contribution is 2.37. The summed E-state index contributed by atoms with van der Waals surface area (Å²) in [6.45, 7) is 18.4. The molecule has 1 aliphatic rings. The molecule has 5 nitrogen and oxygen atoms in total. The molecule has 6 heteroatoms. The molecule has 2 atom stereocenters. The molecule has 0 amide bonds. The number of sulfonamides is 1. The minimum Gasteiger partial charge on any atom is -0.507 e. The summed E-state index contributed by atoms with van der Waals surface area (Å²) < 4.78 is 29.8. The van der Waals surface area contributed by atoms with E-state index < -0.39 is 10.0 Å². The van der Waals surface area contributed by atoms with E-state index in [-0.39, 0.29) is 28.7 Å². The highest BCUT2D eigenvalue weighted by atomic mass is 32.2. The van der Waals surface area contributed by atoms with Crippen LogP contribution >= 0.6 is 0 Å². The molecule has 1 fully saturated rings. The van der Waals surface area contributed by atoms with Gasteiger partial charge in [0, 0.05) is 23.4 Å². The molecule has 0 unspecified atom stereocenters. The standard InChI is InChI=1S/C30H44N2O3S/c1-19-14-20(2)28(21(3)15-19)36(34,35)32-26-13-11-10-12-25(26)31-18-22-16-23(29(4,5)6)17-24(27(22)33)30(7,8)9/h14-18,25-26,32-33H,10-13H2,1-9H3/t25-,26-/m0/s1. The second-order valence-corrected chi connectivity index (χ2v) is 14.2. The van der Waals surface area contributed by atoms with Crippen molar-refractivity contribution in [3.05, 3.63) is 57.6 Å². The first-order valence-corrected chi connectivity index (χ1v) is 14.5. The molecule has 198 valence electrons. The largest absolute Gasteiger partial charge is 0.507 e. The smallest absolute Gasteiger partial charge is 0.241 e. The third-order valence-corrected chi connectivity index (χ3v) is 8.92. The van der Waals surface area contributed by atoms with Gasteiger partial charge in [0.1, 0.15) is 5.75 Å². The number of aliphatic imine (C=N–C) groups is 1. The van der Waals surface area contributed by atoms with Gasteiger partial charge < -0.3 is 5.11 Å². The van der Waals surface area contributed by atoms with Gasteiger partial charge in [-0.15, -0.1) is 0 Å². The first kappa shape index (κ1) is 28.4. The van der Waals surface area contributed by atoms with Gasteiger partial charge >= 0.3 is 0 Å². The molecule has 0 aliphatic heterocycles. The molecule has 36 heavy (non-hydrogen) atoms. The summed E-state index contributed by atoms with van der Waals surface area (Å²) in [5.41, 5.74) is 4.98. The van der Waals surface area contributed by atoms with Gasteiger partial charge in [-0.05, 0) is 67.2 Å². The van der Waals surface area contributed by atoms with Gasteiger partial charge in [-0.1, -0.05) is 78.1 Å². The molecule has 0 spiro atoms. The average molecular weight is 513 g/mol. The molecule has 0 heterocycles. The van der Waals surface area contributed by atoms with Crippen LogP contribution < -0.4 is 4.72 Å². The van der Waals surface area contributed by atoms with E-state index in [1.807, 2.05) is 39.0 Å². The third kappa shape index (κ3) is 6.38. The van der Waals surface area contributed by atoms with E-state index in [2.05, 4.69) is 52.3 Å². The van der Waals surface area contributed by atoms with Crippen LogP contribution in [-0.2, 0) is 20.9 Å². The molecular weight excluding hydrogens is 468 g/mol. The van der Waals surface area contributed by atoms with E-state index in [0.717, 1.165) is 53.5 Å². The average Bonchev–Trinajstić information content (AvgIpc) is 2.71. The molecule has 0 radical (unpaired) electrons. The predicted molar refractivity (Wildman–Crippen MR) is 150 cm³/mol. The van der Waals surface area contributed by atoms with Crippen LogP contribution in [-0.4, -0.2) is 31.8 Å². The molecule has 2 aromatic rings. The fraction of sp³-hybridized carbons (Fsp3) is 0.567. The lowest BCUT2D eigenvalue weighted by atomic mass is 9.79. The molecule has 2 aromatic carbocycles. The van der Waals surface area contributed by atoms with E-state index in [1.165, 1.54) is 0 Å². The van der Waals surface area contributed by atoms with E-state index >= 15 is 0 Å². The molecule has 1 saturated carbocycles. The summed E-state index contributed by atoms with van der Waals surface area (Å²) in [6, 6.07) is 7.46. The number of rotatable bonds is 5. The van der Waals surface area contributed by atoms with Crippen molar-refractivity contribution in [2.75, 3.05) is 0 Å². The number of benzene rings is 2. The Morgan fingerprint density at radius 2 is 1.50 bits per heavy atom. The van der Waals surface area contributed by atoms with E-state index in [0.29, 0.717) is 10.5 Å². The van der Waals surface area contributed by atoms with Crippen molar-refractivity contribution in [1.82, 2.24) is 4.72 Å². The second-order valence-electron chi connectivity index (χ2n) is 12.5. The zero-order chi connectivity index (χ0) is 27.1. The summed E-state index contributed by atoms with van der Waals surface area (Å²) in [5, 5.41) is 11.1. The number of nitrogens with one attached hydrogen (secondary N) is 1. The first-order valence-electron chi connectivity index (χ1n) is 13.0. The second kappa shape index (κ2) is 10.3. The summed E-state index contributed by atoms with van der Waals surface area (Å²) in [7, 11) is -3.69. The van der Waals surface area contributed by atoms with Gasteiger partial charge in [0.15, 0.2) is 0 Å². The van der Waals surface area contributed by atoms with E-state index in [1.54, 1.807) is 6.21 Å². The van der Waals surface area contributed by atoms with Gasteiger partial charge in [-0.2, -0.15) is 0 Å². The zero-order valence-corrected chi connectivity index (χ0v) is 24.3. The molecule has 0 bridgehead atoms. The number of hydrogen-bond donors (Lipinski definition) is 2. The number of phenolic OH excluding ortho intramolecular Hbond substituents is 1. The van der Waals surface area contributed by atoms with Gasteiger partial charge in [0.2, 0.25) is 10.0 Å². The van der Waals surface area contributed by atoms with Crippen LogP contribution in [0.25, 0.3) is 0 Å². The van der Waals surface area contributed by atoms with Crippen LogP contribution in [0.1, 0.15) is 101 Å². The number of nitrogens with zero attached hydrogens (tertiary/aromatic N) is 1. The van der Waals surface area contributed by atoms with Crippen molar-refractivity contribution in [3.63, 3.8) is 0 Å². The Morgan fingerprint density at radius 1 is 0.917 bits per heavy atom. The maximum atomic E-state index is 13.4. The normalized spacial score (nSPS) is 19.7. The Balaban J connectivity index is 1.96. The maximum Gasteiger partial charge on any atom is 0.241 e. The molecule has 2 N–H and O–H groups in total. The first-order chi connectivity index (χ1) is 16.5. The Hall–Kier alpha value is -2.18. The molecule has 0 aromatic heterocycles. The van der Waals surface area contributed by atoms with Gasteiger partial charge in [-0.25, -0.2) is 13.1 Å². The van der Waals surface area contributed by atoms with Gasteiger partial charge in [0.05, 0.1) is 10.9 Å². The van der Waals surface area contributed by atoms with Crippen LogP contribution in [0.15, 0.2) is 34.2 Å². The number of hydrogen-bond acceptors (Lipinski definition) is 4. The topological polar surface area (TPSA) is 78.8 Å². The summed E-state index contributed by atoms with van der Waals surface area (Å²) in [5.74, 6) is 0.248. The molecule has 0 saturated heterocycles. The molecule has 1 aliphatic carbocycles.